The Bertz CT molecular complexity index is 1330. The average Bonchev–Trinajstić information content (AvgIpc) is 2.71. The number of hydrogen-bond acceptors (Lipinski definition) is 5. The lowest BCUT2D eigenvalue weighted by molar-refractivity contribution is 0.385. The van der Waals surface area contributed by atoms with Crippen LogP contribution >= 0.6 is 11.6 Å². The van der Waals surface area contributed by atoms with Gasteiger partial charge in [0, 0.05) is 16.8 Å². The van der Waals surface area contributed by atoms with Crippen LogP contribution in [-0.4, -0.2) is 23.9 Å². The summed E-state index contributed by atoms with van der Waals surface area (Å²) < 4.78 is 73.3. The number of benzene rings is 3. The first-order valence-electron chi connectivity index (χ1n) is 8.77. The lowest BCUT2D eigenvalue weighted by Crippen LogP contribution is -2.15. The molecule has 31 heavy (non-hydrogen) atoms. The Morgan fingerprint density at radius 3 is 1.97 bits per heavy atom. The van der Waals surface area contributed by atoms with Crippen molar-refractivity contribution in [1.82, 2.24) is 0 Å². The first kappa shape index (κ1) is 22.9. The Hall–Kier alpha value is -2.82. The predicted molar refractivity (Wildman–Crippen MR) is 117 cm³/mol. The molecular weight excluding hydrogens is 467 g/mol. The van der Waals surface area contributed by atoms with E-state index >= 15 is 0 Å². The Morgan fingerprint density at radius 1 is 0.806 bits per heavy atom. The van der Waals surface area contributed by atoms with Crippen molar-refractivity contribution < 1.29 is 26.0 Å². The fourth-order valence-electron chi connectivity index (χ4n) is 2.59. The van der Waals surface area contributed by atoms with Gasteiger partial charge in [-0.2, -0.15) is 0 Å². The van der Waals surface area contributed by atoms with Gasteiger partial charge < -0.3 is 4.74 Å². The molecule has 0 aliphatic carbocycles. The maximum atomic E-state index is 13.5. The van der Waals surface area contributed by atoms with Crippen LogP contribution in [0.5, 0.6) is 5.75 Å². The number of anilines is 2. The molecule has 0 heterocycles. The predicted octanol–water partition coefficient (Wildman–Crippen LogP) is 4.40. The standard InChI is InChI=1S/C20H18ClFN2O5S2/c1-13-3-4-15(11-18(13)21)24-30(25,26)16-7-5-14(6-8-16)23-31(27,28)17-9-10-19(22)20(12-17)29-2/h3-12,23-24H,1-2H3. The van der Waals surface area contributed by atoms with Crippen LogP contribution in [0.4, 0.5) is 15.8 Å². The number of ether oxygens (including phenoxy) is 1. The van der Waals surface area contributed by atoms with E-state index in [9.17, 15) is 21.2 Å². The molecule has 3 aromatic rings. The van der Waals surface area contributed by atoms with E-state index in [2.05, 4.69) is 9.44 Å². The van der Waals surface area contributed by atoms with E-state index in [1.165, 1.54) is 37.4 Å². The van der Waals surface area contributed by atoms with Crippen molar-refractivity contribution in [3.8, 4) is 5.75 Å². The van der Waals surface area contributed by atoms with Gasteiger partial charge >= 0.3 is 0 Å². The van der Waals surface area contributed by atoms with Gasteiger partial charge in [0.05, 0.1) is 22.6 Å². The van der Waals surface area contributed by atoms with Gasteiger partial charge in [0.1, 0.15) is 0 Å². The number of halogens is 2. The number of nitrogens with one attached hydrogen (secondary N) is 2. The monoisotopic (exact) mass is 484 g/mol. The van der Waals surface area contributed by atoms with Crippen LogP contribution in [0.3, 0.4) is 0 Å². The molecule has 3 aromatic carbocycles. The Morgan fingerprint density at radius 2 is 1.35 bits per heavy atom. The normalized spacial score (nSPS) is 11.7. The molecule has 0 unspecified atom stereocenters. The maximum Gasteiger partial charge on any atom is 0.262 e. The van der Waals surface area contributed by atoms with Gasteiger partial charge in [-0.3, -0.25) is 9.44 Å². The van der Waals surface area contributed by atoms with Crippen molar-refractivity contribution in [3.05, 3.63) is 77.1 Å². The van der Waals surface area contributed by atoms with Gasteiger partial charge in [-0.1, -0.05) is 17.7 Å². The summed E-state index contributed by atoms with van der Waals surface area (Å²) in [4.78, 5) is -0.282. The highest BCUT2D eigenvalue weighted by atomic mass is 35.5. The molecule has 164 valence electrons. The third-order valence-electron chi connectivity index (χ3n) is 4.27. The second kappa shape index (κ2) is 8.74. The topological polar surface area (TPSA) is 102 Å². The fraction of sp³-hybridized carbons (Fsp3) is 0.100. The largest absolute Gasteiger partial charge is 0.494 e. The number of methoxy groups -OCH3 is 1. The van der Waals surface area contributed by atoms with E-state index in [4.69, 9.17) is 16.3 Å². The lowest BCUT2D eigenvalue weighted by Gasteiger charge is -2.12. The SMILES string of the molecule is COc1cc(S(=O)(=O)Nc2ccc(S(=O)(=O)Nc3ccc(C)c(Cl)c3)cc2)ccc1F. The molecule has 0 radical (unpaired) electrons. The minimum absolute atomic E-state index is 0.0735. The minimum Gasteiger partial charge on any atom is -0.494 e. The zero-order valence-corrected chi connectivity index (χ0v) is 18.8. The summed E-state index contributed by atoms with van der Waals surface area (Å²) in [6.07, 6.45) is 0. The van der Waals surface area contributed by atoms with Gasteiger partial charge in [-0.05, 0) is 61.0 Å². The number of hydrogen-bond donors (Lipinski definition) is 2. The minimum atomic E-state index is -4.04. The summed E-state index contributed by atoms with van der Waals surface area (Å²) in [6, 6.07) is 13.0. The number of rotatable bonds is 7. The zero-order valence-electron chi connectivity index (χ0n) is 16.4. The summed E-state index contributed by atoms with van der Waals surface area (Å²) in [7, 11) is -6.74. The molecule has 0 bridgehead atoms. The second-order valence-corrected chi connectivity index (χ2v) is 10.3. The van der Waals surface area contributed by atoms with Crippen molar-refractivity contribution in [2.75, 3.05) is 16.6 Å². The molecule has 0 saturated heterocycles. The highest BCUT2D eigenvalue weighted by molar-refractivity contribution is 7.93. The smallest absolute Gasteiger partial charge is 0.262 e. The van der Waals surface area contributed by atoms with Crippen LogP contribution in [0.15, 0.2) is 70.5 Å². The molecule has 2 N–H and O–H groups in total. The molecule has 0 aliphatic rings. The summed E-state index contributed by atoms with van der Waals surface area (Å²) in [5.74, 6) is -0.912. The molecule has 0 atom stereocenters. The summed E-state index contributed by atoms with van der Waals surface area (Å²) in [6.45, 7) is 1.79. The molecule has 0 amide bonds. The lowest BCUT2D eigenvalue weighted by atomic mass is 10.2. The van der Waals surface area contributed by atoms with E-state index in [1.54, 1.807) is 19.1 Å². The summed E-state index contributed by atoms with van der Waals surface area (Å²) >= 11 is 6.02. The highest BCUT2D eigenvalue weighted by Gasteiger charge is 2.19. The molecule has 11 heteroatoms. The zero-order chi connectivity index (χ0) is 22.8. The third kappa shape index (κ3) is 5.27. The Balaban J connectivity index is 1.79. The van der Waals surface area contributed by atoms with Crippen molar-refractivity contribution in [3.63, 3.8) is 0 Å². The molecule has 0 fully saturated rings. The van der Waals surface area contributed by atoms with Gasteiger partial charge in [-0.25, -0.2) is 21.2 Å². The van der Waals surface area contributed by atoms with Crippen LogP contribution in [0.1, 0.15) is 5.56 Å². The van der Waals surface area contributed by atoms with E-state index in [1.807, 2.05) is 0 Å². The van der Waals surface area contributed by atoms with Crippen LogP contribution in [0.2, 0.25) is 5.02 Å². The Labute approximate surface area is 184 Å². The summed E-state index contributed by atoms with van der Waals surface area (Å²) in [5, 5.41) is 0.419. The van der Waals surface area contributed by atoms with Crippen molar-refractivity contribution in [2.24, 2.45) is 0 Å². The summed E-state index contributed by atoms with van der Waals surface area (Å²) in [5.41, 5.74) is 1.23. The highest BCUT2D eigenvalue weighted by Crippen LogP contribution is 2.25. The molecule has 0 saturated carbocycles. The number of sulfonamides is 2. The van der Waals surface area contributed by atoms with E-state index < -0.39 is 25.9 Å². The molecule has 0 aliphatic heterocycles. The molecule has 0 aromatic heterocycles. The van der Waals surface area contributed by atoms with Gasteiger partial charge in [0.15, 0.2) is 11.6 Å². The first-order valence-corrected chi connectivity index (χ1v) is 12.1. The van der Waals surface area contributed by atoms with Gasteiger partial charge in [0.25, 0.3) is 20.0 Å². The first-order chi connectivity index (χ1) is 14.5. The molecule has 7 nitrogen and oxygen atoms in total. The van der Waals surface area contributed by atoms with Crippen LogP contribution in [0.25, 0.3) is 0 Å². The fourth-order valence-corrected chi connectivity index (χ4v) is 4.90. The average molecular weight is 485 g/mol. The quantitative estimate of drug-likeness (QED) is 0.517. The molecular formula is C20H18ClFN2O5S2. The van der Waals surface area contributed by atoms with E-state index in [0.717, 1.165) is 23.8 Å². The third-order valence-corrected chi connectivity index (χ3v) is 7.46. The van der Waals surface area contributed by atoms with E-state index in [0.29, 0.717) is 10.7 Å². The molecule has 3 rings (SSSR count). The number of aryl methyl sites for hydroxylation is 1. The van der Waals surface area contributed by atoms with E-state index in [-0.39, 0.29) is 21.2 Å². The van der Waals surface area contributed by atoms with Crippen LogP contribution in [-0.2, 0) is 20.0 Å². The van der Waals surface area contributed by atoms with Crippen LogP contribution < -0.4 is 14.2 Å². The Kier molecular flexibility index (Phi) is 6.44. The van der Waals surface area contributed by atoms with Crippen molar-refractivity contribution in [1.29, 1.82) is 0 Å². The molecule has 0 spiro atoms. The van der Waals surface area contributed by atoms with Crippen molar-refractivity contribution >= 4 is 43.0 Å². The van der Waals surface area contributed by atoms with Gasteiger partial charge in [-0.15, -0.1) is 0 Å². The van der Waals surface area contributed by atoms with Crippen molar-refractivity contribution in [2.45, 2.75) is 16.7 Å². The maximum absolute atomic E-state index is 13.5. The second-order valence-electron chi connectivity index (χ2n) is 6.50. The van der Waals surface area contributed by atoms with Gasteiger partial charge in [0.2, 0.25) is 0 Å². The van der Waals surface area contributed by atoms with Crippen LogP contribution in [0, 0.1) is 12.7 Å².